The molecule has 6 heteroatoms. The van der Waals surface area contributed by atoms with Gasteiger partial charge in [0, 0.05) is 32.0 Å². The van der Waals surface area contributed by atoms with Crippen LogP contribution in [0.4, 0.5) is 0 Å². The Morgan fingerprint density at radius 1 is 1.00 bits per heavy atom. The van der Waals surface area contributed by atoms with E-state index in [0.29, 0.717) is 56.0 Å². The molecule has 3 aromatic rings. The van der Waals surface area contributed by atoms with Gasteiger partial charge in [-0.15, -0.1) is 0 Å². The number of carbonyl (C=O) groups is 2. The first-order chi connectivity index (χ1) is 17.5. The maximum absolute atomic E-state index is 12.8. The second kappa shape index (κ2) is 10.3. The number of carbonyl (C=O) groups excluding carboxylic acids is 2. The van der Waals surface area contributed by atoms with Crippen molar-refractivity contribution in [1.29, 1.82) is 0 Å². The van der Waals surface area contributed by atoms with E-state index in [0.717, 1.165) is 16.9 Å². The zero-order valence-corrected chi connectivity index (χ0v) is 20.3. The number of ketones is 1. The molecule has 1 saturated heterocycles. The maximum Gasteiger partial charge on any atom is 0.246 e. The van der Waals surface area contributed by atoms with Crippen LogP contribution in [0.5, 0.6) is 17.2 Å². The summed E-state index contributed by atoms with van der Waals surface area (Å²) in [4.78, 5) is 27.4. The average molecular weight is 484 g/mol. The van der Waals surface area contributed by atoms with Gasteiger partial charge in [0.25, 0.3) is 0 Å². The third-order valence-electron chi connectivity index (χ3n) is 6.83. The van der Waals surface area contributed by atoms with E-state index >= 15 is 0 Å². The van der Waals surface area contributed by atoms with E-state index in [1.165, 1.54) is 0 Å². The monoisotopic (exact) mass is 483 g/mol. The predicted octanol–water partition coefficient (Wildman–Crippen LogP) is 5.31. The van der Waals surface area contributed by atoms with Gasteiger partial charge in [0.15, 0.2) is 5.78 Å². The van der Waals surface area contributed by atoms with Crippen molar-refractivity contribution >= 4 is 17.8 Å². The largest absolute Gasteiger partial charge is 0.497 e. The Morgan fingerprint density at radius 2 is 1.72 bits per heavy atom. The molecule has 0 saturated carbocycles. The van der Waals surface area contributed by atoms with Gasteiger partial charge >= 0.3 is 0 Å². The lowest BCUT2D eigenvalue weighted by atomic mass is 9.82. The van der Waals surface area contributed by atoms with E-state index in [1.807, 2.05) is 65.6 Å². The lowest BCUT2D eigenvalue weighted by molar-refractivity contribution is -0.129. The Bertz CT molecular complexity index is 1260. The van der Waals surface area contributed by atoms with Gasteiger partial charge < -0.3 is 19.1 Å². The number of piperidine rings is 1. The number of benzene rings is 3. The minimum absolute atomic E-state index is 0.0403. The summed E-state index contributed by atoms with van der Waals surface area (Å²) in [5, 5.41) is 0. The molecule has 0 atom stereocenters. The molecule has 0 aromatic heterocycles. The highest BCUT2D eigenvalue weighted by Crippen LogP contribution is 2.40. The first-order valence-electron chi connectivity index (χ1n) is 12.2. The third kappa shape index (κ3) is 5.28. The molecule has 0 aliphatic carbocycles. The van der Waals surface area contributed by atoms with Crippen LogP contribution in [-0.2, 0) is 11.4 Å². The Morgan fingerprint density at radius 3 is 2.44 bits per heavy atom. The van der Waals surface area contributed by atoms with Gasteiger partial charge in [0.2, 0.25) is 5.91 Å². The topological polar surface area (TPSA) is 65.1 Å². The van der Waals surface area contributed by atoms with Crippen LogP contribution in [0.1, 0.15) is 40.7 Å². The van der Waals surface area contributed by atoms with Crippen molar-refractivity contribution in [2.24, 2.45) is 0 Å². The summed E-state index contributed by atoms with van der Waals surface area (Å²) in [6.45, 7) is 1.61. The molecular weight excluding hydrogens is 454 g/mol. The van der Waals surface area contributed by atoms with E-state index in [9.17, 15) is 9.59 Å². The SMILES string of the molecule is COc1ccc2c(c1)C(=O)CC1(CCN(C(=O)/C=C/c3ccc(OCc4ccccc4)cc3)CC1)O2. The van der Waals surface area contributed by atoms with Crippen molar-refractivity contribution in [2.75, 3.05) is 20.2 Å². The summed E-state index contributed by atoms with van der Waals surface area (Å²) < 4.78 is 17.4. The standard InChI is InChI=1S/C30H29NO5/c1-34-25-12-13-28-26(19-25)27(32)20-30(36-28)15-17-31(18-16-30)29(33)14-9-22-7-10-24(11-8-22)35-21-23-5-3-2-4-6-23/h2-14,19H,15-18,20-21H2,1H3/b14-9+. The van der Waals surface area contributed by atoms with E-state index in [2.05, 4.69) is 0 Å². The molecular formula is C30H29NO5. The molecule has 1 fully saturated rings. The second-order valence-corrected chi connectivity index (χ2v) is 9.25. The van der Waals surface area contributed by atoms with Crippen molar-refractivity contribution in [2.45, 2.75) is 31.5 Å². The smallest absolute Gasteiger partial charge is 0.246 e. The fraction of sp³-hybridized carbons (Fsp3) is 0.267. The molecule has 3 aromatic carbocycles. The van der Waals surface area contributed by atoms with Crippen LogP contribution in [0.3, 0.4) is 0 Å². The Hall–Kier alpha value is -4.06. The molecule has 0 N–H and O–H groups in total. The zero-order chi connectivity index (χ0) is 25.0. The number of rotatable bonds is 6. The summed E-state index contributed by atoms with van der Waals surface area (Å²) >= 11 is 0. The Balaban J connectivity index is 1.14. The molecule has 6 nitrogen and oxygen atoms in total. The van der Waals surface area contributed by atoms with Crippen molar-refractivity contribution in [3.8, 4) is 17.2 Å². The molecule has 5 rings (SSSR count). The van der Waals surface area contributed by atoms with Gasteiger partial charge in [-0.2, -0.15) is 0 Å². The highest BCUT2D eigenvalue weighted by molar-refractivity contribution is 6.00. The minimum atomic E-state index is -0.547. The van der Waals surface area contributed by atoms with Crippen molar-refractivity contribution < 1.29 is 23.8 Å². The number of Topliss-reactive ketones (excluding diaryl/α,β-unsaturated/α-hetero) is 1. The van der Waals surface area contributed by atoms with Crippen LogP contribution in [0, 0.1) is 0 Å². The normalized spacial score (nSPS) is 16.5. The van der Waals surface area contributed by atoms with Gasteiger partial charge in [-0.3, -0.25) is 9.59 Å². The summed E-state index contributed by atoms with van der Waals surface area (Å²) in [5.74, 6) is 2.05. The molecule has 1 amide bonds. The van der Waals surface area contributed by atoms with E-state index in [4.69, 9.17) is 14.2 Å². The van der Waals surface area contributed by atoms with Crippen molar-refractivity contribution in [3.63, 3.8) is 0 Å². The highest BCUT2D eigenvalue weighted by atomic mass is 16.5. The number of likely N-dealkylation sites (tertiary alicyclic amines) is 1. The molecule has 2 aliphatic heterocycles. The number of hydrogen-bond donors (Lipinski definition) is 0. The lowest BCUT2D eigenvalue weighted by Gasteiger charge is -2.43. The number of amides is 1. The molecule has 184 valence electrons. The number of nitrogens with zero attached hydrogens (tertiary/aromatic N) is 1. The summed E-state index contributed by atoms with van der Waals surface area (Å²) in [7, 11) is 1.58. The summed E-state index contributed by atoms with van der Waals surface area (Å²) in [5.41, 5.74) is 2.06. The van der Waals surface area contributed by atoms with E-state index in [-0.39, 0.29) is 11.7 Å². The van der Waals surface area contributed by atoms with Gasteiger partial charge in [-0.25, -0.2) is 0 Å². The van der Waals surface area contributed by atoms with E-state index in [1.54, 1.807) is 31.4 Å². The number of hydrogen-bond acceptors (Lipinski definition) is 5. The van der Waals surface area contributed by atoms with Crippen LogP contribution >= 0.6 is 0 Å². The molecule has 0 bridgehead atoms. The van der Waals surface area contributed by atoms with Crippen LogP contribution in [0.25, 0.3) is 6.08 Å². The minimum Gasteiger partial charge on any atom is -0.497 e. The first kappa shape index (κ1) is 23.7. The quantitative estimate of drug-likeness (QED) is 0.445. The fourth-order valence-corrected chi connectivity index (χ4v) is 4.70. The van der Waals surface area contributed by atoms with Crippen LogP contribution in [0.2, 0.25) is 0 Å². The Labute approximate surface area is 211 Å². The third-order valence-corrected chi connectivity index (χ3v) is 6.83. The maximum atomic E-state index is 12.8. The number of methoxy groups -OCH3 is 1. The Kier molecular flexibility index (Phi) is 6.76. The van der Waals surface area contributed by atoms with Gasteiger partial charge in [0.05, 0.1) is 19.1 Å². The molecule has 0 radical (unpaired) electrons. The van der Waals surface area contributed by atoms with Crippen LogP contribution in [-0.4, -0.2) is 42.4 Å². The summed E-state index contributed by atoms with van der Waals surface area (Å²) in [6.07, 6.45) is 4.99. The van der Waals surface area contributed by atoms with Crippen molar-refractivity contribution in [1.82, 2.24) is 4.90 Å². The summed E-state index contributed by atoms with van der Waals surface area (Å²) in [6, 6.07) is 23.0. The van der Waals surface area contributed by atoms with Crippen LogP contribution < -0.4 is 14.2 Å². The van der Waals surface area contributed by atoms with Gasteiger partial charge in [-0.1, -0.05) is 42.5 Å². The first-order valence-corrected chi connectivity index (χ1v) is 12.2. The molecule has 0 unspecified atom stereocenters. The molecule has 1 spiro atoms. The lowest BCUT2D eigenvalue weighted by Crippen LogP contribution is -2.52. The molecule has 2 heterocycles. The van der Waals surface area contributed by atoms with E-state index < -0.39 is 5.60 Å². The fourth-order valence-electron chi connectivity index (χ4n) is 4.70. The zero-order valence-electron chi connectivity index (χ0n) is 20.3. The predicted molar refractivity (Wildman–Crippen MR) is 137 cm³/mol. The van der Waals surface area contributed by atoms with Gasteiger partial charge in [-0.05, 0) is 47.5 Å². The average Bonchev–Trinajstić information content (AvgIpc) is 2.92. The van der Waals surface area contributed by atoms with Crippen LogP contribution in [0.15, 0.2) is 78.9 Å². The molecule has 2 aliphatic rings. The van der Waals surface area contributed by atoms with Crippen molar-refractivity contribution in [3.05, 3.63) is 95.6 Å². The van der Waals surface area contributed by atoms with Gasteiger partial charge in [0.1, 0.15) is 29.5 Å². The second-order valence-electron chi connectivity index (χ2n) is 9.25. The number of ether oxygens (including phenoxy) is 3. The molecule has 36 heavy (non-hydrogen) atoms. The highest BCUT2D eigenvalue weighted by Gasteiger charge is 2.43. The number of fused-ring (bicyclic) bond motifs is 1.